The molecule has 0 amide bonds. The van der Waals surface area contributed by atoms with Crippen molar-refractivity contribution in [2.24, 2.45) is 0 Å². The number of nitrogens with one attached hydrogen (secondary N) is 1. The zero-order valence-electron chi connectivity index (χ0n) is 17.0. The van der Waals surface area contributed by atoms with E-state index in [1.54, 1.807) is 24.3 Å². The third-order valence-electron chi connectivity index (χ3n) is 5.90. The van der Waals surface area contributed by atoms with Crippen molar-refractivity contribution < 1.29 is 15.0 Å². The van der Waals surface area contributed by atoms with Gasteiger partial charge in [-0.05, 0) is 74.7 Å². The van der Waals surface area contributed by atoms with Crippen molar-refractivity contribution in [1.29, 1.82) is 5.26 Å². The number of carboxylic acids is 1. The van der Waals surface area contributed by atoms with Crippen LogP contribution in [-0.2, 0) is 6.42 Å². The van der Waals surface area contributed by atoms with E-state index in [2.05, 4.69) is 11.4 Å². The highest BCUT2D eigenvalue weighted by atomic mass is 35.5. The number of aryl methyl sites for hydroxylation is 1. The summed E-state index contributed by atoms with van der Waals surface area (Å²) in [6.07, 6.45) is 2.66. The lowest BCUT2D eigenvalue weighted by atomic mass is 9.81. The van der Waals surface area contributed by atoms with Crippen molar-refractivity contribution in [2.45, 2.75) is 37.3 Å². The Kier molecular flexibility index (Phi) is 8.24. The lowest BCUT2D eigenvalue weighted by Crippen LogP contribution is -2.56. The molecular formula is C23H28ClN3O3. The van der Waals surface area contributed by atoms with Gasteiger partial charge in [0, 0.05) is 12.7 Å². The van der Waals surface area contributed by atoms with Gasteiger partial charge in [-0.3, -0.25) is 0 Å². The van der Waals surface area contributed by atoms with Gasteiger partial charge in [-0.1, -0.05) is 18.2 Å². The van der Waals surface area contributed by atoms with Crippen molar-refractivity contribution >= 4 is 24.1 Å². The summed E-state index contributed by atoms with van der Waals surface area (Å²) in [7, 11) is 1.94. The number of carboxylic acid groups (broad SMARTS) is 1. The number of likely N-dealkylation sites (N-methyl/N-ethyl adjacent to an activating group) is 1. The predicted octanol–water partition coefficient (Wildman–Crippen LogP) is 3.23. The number of carbonyl (C=O) groups is 1. The summed E-state index contributed by atoms with van der Waals surface area (Å²) < 4.78 is 0. The average Bonchev–Trinajstić information content (AvgIpc) is 2.74. The molecule has 160 valence electrons. The first kappa shape index (κ1) is 23.7. The molecule has 2 aromatic carbocycles. The van der Waals surface area contributed by atoms with Crippen LogP contribution in [0.15, 0.2) is 48.5 Å². The van der Waals surface area contributed by atoms with Gasteiger partial charge in [0.2, 0.25) is 0 Å². The second-order valence-corrected chi connectivity index (χ2v) is 7.64. The summed E-state index contributed by atoms with van der Waals surface area (Å²) in [6, 6.07) is 16.4. The molecule has 7 heteroatoms. The number of hydrogen-bond donors (Lipinski definition) is 3. The number of halogens is 1. The fourth-order valence-corrected chi connectivity index (χ4v) is 4.17. The summed E-state index contributed by atoms with van der Waals surface area (Å²) in [5.41, 5.74) is 1.89. The van der Waals surface area contributed by atoms with Crippen molar-refractivity contribution in [2.75, 3.05) is 25.0 Å². The summed E-state index contributed by atoms with van der Waals surface area (Å²) in [4.78, 5) is 13.2. The summed E-state index contributed by atoms with van der Waals surface area (Å²) in [6.45, 7) is 1.52. The van der Waals surface area contributed by atoms with Gasteiger partial charge in [0.1, 0.15) is 0 Å². The molecule has 1 saturated heterocycles. The molecule has 1 heterocycles. The number of nitriles is 1. The van der Waals surface area contributed by atoms with Gasteiger partial charge < -0.3 is 20.4 Å². The Hall–Kier alpha value is -2.59. The van der Waals surface area contributed by atoms with E-state index in [0.717, 1.165) is 24.3 Å². The van der Waals surface area contributed by atoms with Gasteiger partial charge in [-0.15, -0.1) is 12.4 Å². The van der Waals surface area contributed by atoms with E-state index >= 15 is 0 Å². The molecule has 1 aliphatic heterocycles. The molecule has 0 bridgehead atoms. The molecule has 2 aromatic rings. The minimum absolute atomic E-state index is 0. The number of aliphatic hydroxyl groups is 1. The molecule has 3 rings (SSSR count). The van der Waals surface area contributed by atoms with Gasteiger partial charge in [0.05, 0.1) is 28.8 Å². The minimum Gasteiger partial charge on any atom is -0.478 e. The zero-order valence-corrected chi connectivity index (χ0v) is 17.9. The van der Waals surface area contributed by atoms with Crippen LogP contribution in [0, 0.1) is 11.3 Å². The first-order valence-corrected chi connectivity index (χ1v) is 9.92. The number of rotatable bonds is 7. The van der Waals surface area contributed by atoms with E-state index in [4.69, 9.17) is 5.11 Å². The maximum atomic E-state index is 11.5. The van der Waals surface area contributed by atoms with E-state index in [-0.39, 0.29) is 24.0 Å². The quantitative estimate of drug-likeness (QED) is 0.625. The maximum Gasteiger partial charge on any atom is 0.335 e. The van der Waals surface area contributed by atoms with Crippen LogP contribution >= 0.6 is 12.4 Å². The van der Waals surface area contributed by atoms with E-state index < -0.39 is 11.6 Å². The van der Waals surface area contributed by atoms with Crippen LogP contribution in [0.1, 0.15) is 40.7 Å². The lowest BCUT2D eigenvalue weighted by molar-refractivity contribution is -0.0167. The predicted molar refractivity (Wildman–Crippen MR) is 119 cm³/mol. The van der Waals surface area contributed by atoms with E-state index in [1.165, 1.54) is 0 Å². The third kappa shape index (κ3) is 5.31. The standard InChI is InChI=1S/C23H27N3O3.ClH/c1-26(20-9-6-18(7-10-20)22(27)28)21(23(29)12-14-25-15-13-23)11-8-17-4-2-3-5-19(17)16-24;/h2-7,9-10,21,25,29H,8,11-15H2,1H3,(H,27,28);1H. The second kappa shape index (κ2) is 10.4. The van der Waals surface area contributed by atoms with Gasteiger partial charge >= 0.3 is 5.97 Å². The SMILES string of the molecule is CN(c1ccc(C(=O)O)cc1)C(CCc1ccccc1C#N)C1(O)CCNCC1.Cl. The number of hydrogen-bond acceptors (Lipinski definition) is 5. The molecule has 0 saturated carbocycles. The van der Waals surface area contributed by atoms with E-state index in [1.807, 2.05) is 36.2 Å². The first-order chi connectivity index (χ1) is 13.9. The van der Waals surface area contributed by atoms with Crippen molar-refractivity contribution in [3.63, 3.8) is 0 Å². The Bertz CT molecular complexity index is 889. The van der Waals surface area contributed by atoms with E-state index in [9.17, 15) is 15.2 Å². The number of piperidine rings is 1. The fourth-order valence-electron chi connectivity index (χ4n) is 4.17. The molecule has 3 N–H and O–H groups in total. The van der Waals surface area contributed by atoms with Crippen LogP contribution in [0.2, 0.25) is 0 Å². The van der Waals surface area contributed by atoms with Crippen LogP contribution in [0.5, 0.6) is 0 Å². The molecular weight excluding hydrogens is 402 g/mol. The lowest BCUT2D eigenvalue weighted by Gasteiger charge is -2.45. The van der Waals surface area contributed by atoms with Crippen LogP contribution in [0.4, 0.5) is 5.69 Å². The maximum absolute atomic E-state index is 11.5. The molecule has 0 radical (unpaired) electrons. The largest absolute Gasteiger partial charge is 0.478 e. The average molecular weight is 430 g/mol. The van der Waals surface area contributed by atoms with Crippen molar-refractivity contribution in [3.8, 4) is 6.07 Å². The van der Waals surface area contributed by atoms with Gasteiger partial charge in [-0.2, -0.15) is 5.26 Å². The van der Waals surface area contributed by atoms with E-state index in [0.29, 0.717) is 31.2 Å². The highest BCUT2D eigenvalue weighted by Gasteiger charge is 2.40. The van der Waals surface area contributed by atoms with Crippen LogP contribution in [-0.4, -0.2) is 48.0 Å². The fraction of sp³-hybridized carbons (Fsp3) is 0.391. The minimum atomic E-state index is -0.958. The Morgan fingerprint density at radius 3 is 2.43 bits per heavy atom. The Morgan fingerprint density at radius 1 is 1.20 bits per heavy atom. The number of anilines is 1. The molecule has 0 aliphatic carbocycles. The number of aromatic carboxylic acids is 1. The number of benzene rings is 2. The van der Waals surface area contributed by atoms with Gasteiger partial charge in [-0.25, -0.2) is 4.79 Å². The highest BCUT2D eigenvalue weighted by molar-refractivity contribution is 5.88. The van der Waals surface area contributed by atoms with Crippen LogP contribution in [0.25, 0.3) is 0 Å². The normalized spacial score (nSPS) is 16.0. The van der Waals surface area contributed by atoms with Crippen molar-refractivity contribution in [3.05, 3.63) is 65.2 Å². The Labute approximate surface area is 183 Å². The molecule has 0 spiro atoms. The summed E-state index contributed by atoms with van der Waals surface area (Å²) in [5.74, 6) is -0.958. The van der Waals surface area contributed by atoms with Crippen LogP contribution < -0.4 is 10.2 Å². The van der Waals surface area contributed by atoms with Crippen molar-refractivity contribution in [1.82, 2.24) is 5.32 Å². The topological polar surface area (TPSA) is 96.6 Å². The Morgan fingerprint density at radius 2 is 1.83 bits per heavy atom. The number of nitrogens with zero attached hydrogens (tertiary/aromatic N) is 2. The molecule has 1 aliphatic rings. The van der Waals surface area contributed by atoms with Gasteiger partial charge in [0.25, 0.3) is 0 Å². The molecule has 6 nitrogen and oxygen atoms in total. The highest BCUT2D eigenvalue weighted by Crippen LogP contribution is 2.32. The first-order valence-electron chi connectivity index (χ1n) is 9.92. The molecule has 1 unspecified atom stereocenters. The monoisotopic (exact) mass is 429 g/mol. The second-order valence-electron chi connectivity index (χ2n) is 7.64. The summed E-state index contributed by atoms with van der Waals surface area (Å²) >= 11 is 0. The molecule has 0 aromatic heterocycles. The molecule has 1 atom stereocenters. The third-order valence-corrected chi connectivity index (χ3v) is 5.90. The smallest absolute Gasteiger partial charge is 0.335 e. The Balaban J connectivity index is 0.00000320. The summed E-state index contributed by atoms with van der Waals surface area (Å²) in [5, 5.41) is 33.3. The van der Waals surface area contributed by atoms with Gasteiger partial charge in [0.15, 0.2) is 0 Å². The molecule has 30 heavy (non-hydrogen) atoms. The van der Waals surface area contributed by atoms with Crippen LogP contribution in [0.3, 0.4) is 0 Å². The zero-order chi connectivity index (χ0) is 20.9. The molecule has 1 fully saturated rings.